The van der Waals surface area contributed by atoms with Gasteiger partial charge in [-0.15, -0.1) is 10.2 Å². The molecule has 0 spiro atoms. The van der Waals surface area contributed by atoms with Crippen molar-refractivity contribution in [1.29, 1.82) is 0 Å². The van der Waals surface area contributed by atoms with Crippen LogP contribution in [0.1, 0.15) is 5.82 Å². The average molecular weight is 192 g/mol. The van der Waals surface area contributed by atoms with Gasteiger partial charge in [-0.05, 0) is 5.21 Å². The van der Waals surface area contributed by atoms with Crippen LogP contribution in [-0.4, -0.2) is 29.8 Å². The molecule has 0 saturated heterocycles. The molecule has 72 valence electrons. The van der Waals surface area contributed by atoms with E-state index in [1.807, 2.05) is 0 Å². The van der Waals surface area contributed by atoms with E-state index in [2.05, 4.69) is 20.4 Å². The Labute approximate surface area is 79.0 Å². The third kappa shape index (κ3) is 1.65. The van der Waals surface area contributed by atoms with Crippen LogP contribution < -0.4 is 5.56 Å². The van der Waals surface area contributed by atoms with Crippen LogP contribution >= 0.6 is 0 Å². The van der Waals surface area contributed by atoms with Crippen LogP contribution in [0.2, 0.25) is 0 Å². The lowest BCUT2D eigenvalue weighted by atomic mass is 10.5. The normalized spacial score (nSPS) is 10.4. The van der Waals surface area contributed by atoms with Gasteiger partial charge >= 0.3 is 0 Å². The first-order valence-corrected chi connectivity index (χ1v) is 3.99. The molecule has 0 unspecified atom stereocenters. The second kappa shape index (κ2) is 3.36. The summed E-state index contributed by atoms with van der Waals surface area (Å²) in [5.41, 5.74) is -0.132. The van der Waals surface area contributed by atoms with Crippen molar-refractivity contribution in [2.75, 3.05) is 0 Å². The van der Waals surface area contributed by atoms with Gasteiger partial charge in [0.25, 0.3) is 5.56 Å². The fourth-order valence-corrected chi connectivity index (χ4v) is 1.04. The molecule has 0 aliphatic rings. The van der Waals surface area contributed by atoms with Gasteiger partial charge in [0.15, 0.2) is 5.82 Å². The second-order valence-electron chi connectivity index (χ2n) is 2.74. The van der Waals surface area contributed by atoms with Crippen molar-refractivity contribution in [3.05, 3.63) is 34.8 Å². The van der Waals surface area contributed by atoms with E-state index < -0.39 is 0 Å². The number of hydrogen-bond acceptors (Lipinski definition) is 5. The molecule has 2 aromatic heterocycles. The number of rotatable bonds is 2. The number of nitrogens with zero attached hydrogens (tertiary/aromatic N) is 6. The highest BCUT2D eigenvalue weighted by Gasteiger charge is 2.02. The lowest BCUT2D eigenvalue weighted by molar-refractivity contribution is 0.623. The van der Waals surface area contributed by atoms with E-state index >= 15 is 0 Å². The minimum atomic E-state index is -0.132. The Balaban J connectivity index is 2.27. The van der Waals surface area contributed by atoms with Crippen molar-refractivity contribution >= 4 is 0 Å². The van der Waals surface area contributed by atoms with E-state index in [1.54, 1.807) is 7.05 Å². The fraction of sp³-hybridized carbons (Fsp3) is 0.286. The van der Waals surface area contributed by atoms with Crippen LogP contribution in [0.15, 0.2) is 23.4 Å². The van der Waals surface area contributed by atoms with Crippen LogP contribution in [0.4, 0.5) is 0 Å². The SMILES string of the molecule is Cn1nnc(Cn2cnccc2=O)n1. The third-order valence-electron chi connectivity index (χ3n) is 1.65. The van der Waals surface area contributed by atoms with Gasteiger partial charge in [-0.2, -0.15) is 4.80 Å². The van der Waals surface area contributed by atoms with Gasteiger partial charge in [-0.3, -0.25) is 9.36 Å². The van der Waals surface area contributed by atoms with Crippen LogP contribution in [0.25, 0.3) is 0 Å². The smallest absolute Gasteiger partial charge is 0.253 e. The van der Waals surface area contributed by atoms with Gasteiger partial charge in [0, 0.05) is 12.3 Å². The maximum atomic E-state index is 11.3. The first kappa shape index (κ1) is 8.54. The molecule has 0 N–H and O–H groups in total. The highest BCUT2D eigenvalue weighted by atomic mass is 16.1. The van der Waals surface area contributed by atoms with Gasteiger partial charge in [0.2, 0.25) is 0 Å². The molecule has 2 aromatic rings. The van der Waals surface area contributed by atoms with Crippen LogP contribution in [-0.2, 0) is 13.6 Å². The number of aryl methyl sites for hydroxylation is 1. The van der Waals surface area contributed by atoms with Crippen molar-refractivity contribution in [3.63, 3.8) is 0 Å². The Bertz CT molecular complexity index is 487. The molecule has 0 fully saturated rings. The van der Waals surface area contributed by atoms with E-state index in [4.69, 9.17) is 0 Å². The van der Waals surface area contributed by atoms with Crippen molar-refractivity contribution in [2.45, 2.75) is 6.54 Å². The Morgan fingerprint density at radius 1 is 1.50 bits per heavy atom. The zero-order valence-electron chi connectivity index (χ0n) is 7.53. The number of hydrogen-bond donors (Lipinski definition) is 0. The van der Waals surface area contributed by atoms with Crippen LogP contribution in [0.3, 0.4) is 0 Å². The minimum Gasteiger partial charge on any atom is -0.291 e. The Kier molecular flexibility index (Phi) is 2.05. The van der Waals surface area contributed by atoms with Gasteiger partial charge in [0.1, 0.15) is 0 Å². The predicted octanol–water partition coefficient (Wildman–Crippen LogP) is -1.18. The molecular formula is C7H8N6O. The Hall–Kier alpha value is -2.05. The molecule has 2 rings (SSSR count). The maximum absolute atomic E-state index is 11.3. The molecule has 0 aromatic carbocycles. The second-order valence-corrected chi connectivity index (χ2v) is 2.74. The summed E-state index contributed by atoms with van der Waals surface area (Å²) in [5, 5.41) is 11.4. The summed E-state index contributed by atoms with van der Waals surface area (Å²) in [6.07, 6.45) is 2.89. The van der Waals surface area contributed by atoms with Gasteiger partial charge in [0.05, 0.1) is 19.9 Å². The molecule has 0 saturated carbocycles. The summed E-state index contributed by atoms with van der Waals surface area (Å²) in [6, 6.07) is 1.39. The van der Waals surface area contributed by atoms with Crippen molar-refractivity contribution < 1.29 is 0 Å². The van der Waals surface area contributed by atoms with E-state index in [0.29, 0.717) is 12.4 Å². The molecule has 0 radical (unpaired) electrons. The van der Waals surface area contributed by atoms with E-state index in [9.17, 15) is 4.79 Å². The molecule has 0 aliphatic carbocycles. The molecule has 0 aliphatic heterocycles. The molecule has 7 heteroatoms. The summed E-state index contributed by atoms with van der Waals surface area (Å²) >= 11 is 0. The van der Waals surface area contributed by atoms with Gasteiger partial charge in [-0.25, -0.2) is 4.98 Å². The number of tetrazole rings is 1. The monoisotopic (exact) mass is 192 g/mol. The maximum Gasteiger partial charge on any atom is 0.253 e. The summed E-state index contributed by atoms with van der Waals surface area (Å²) in [6.45, 7) is 0.292. The Morgan fingerprint density at radius 3 is 3.00 bits per heavy atom. The summed E-state index contributed by atoms with van der Waals surface area (Å²) in [5.74, 6) is 0.489. The first-order chi connectivity index (χ1) is 6.75. The van der Waals surface area contributed by atoms with E-state index in [0.717, 1.165) is 0 Å². The van der Waals surface area contributed by atoms with Gasteiger partial charge < -0.3 is 0 Å². The van der Waals surface area contributed by atoms with Crippen molar-refractivity contribution in [3.8, 4) is 0 Å². The predicted molar refractivity (Wildman–Crippen MR) is 46.4 cm³/mol. The van der Waals surface area contributed by atoms with Crippen molar-refractivity contribution in [1.82, 2.24) is 29.8 Å². The molecular weight excluding hydrogens is 184 g/mol. The van der Waals surface area contributed by atoms with Crippen LogP contribution in [0.5, 0.6) is 0 Å². The Morgan fingerprint density at radius 2 is 2.36 bits per heavy atom. The lowest BCUT2D eigenvalue weighted by Crippen LogP contribution is -2.20. The molecule has 7 nitrogen and oxygen atoms in total. The highest BCUT2D eigenvalue weighted by molar-refractivity contribution is 4.87. The average Bonchev–Trinajstić information content (AvgIpc) is 2.56. The minimum absolute atomic E-state index is 0.132. The lowest BCUT2D eigenvalue weighted by Gasteiger charge is -1.98. The quantitative estimate of drug-likeness (QED) is 0.598. The summed E-state index contributed by atoms with van der Waals surface area (Å²) in [7, 11) is 1.67. The zero-order chi connectivity index (χ0) is 9.97. The topological polar surface area (TPSA) is 78.5 Å². The molecule has 0 amide bonds. The highest BCUT2D eigenvalue weighted by Crippen LogP contribution is 1.88. The van der Waals surface area contributed by atoms with Crippen molar-refractivity contribution in [2.24, 2.45) is 7.05 Å². The molecule has 2 heterocycles. The van der Waals surface area contributed by atoms with Gasteiger partial charge in [-0.1, -0.05) is 0 Å². The van der Waals surface area contributed by atoms with E-state index in [-0.39, 0.29) is 5.56 Å². The van der Waals surface area contributed by atoms with E-state index in [1.165, 1.54) is 28.0 Å². The first-order valence-electron chi connectivity index (χ1n) is 3.99. The molecule has 0 bridgehead atoms. The fourth-order valence-electron chi connectivity index (χ4n) is 1.04. The summed E-state index contributed by atoms with van der Waals surface area (Å²) in [4.78, 5) is 16.4. The van der Waals surface area contributed by atoms with Crippen LogP contribution in [0, 0.1) is 0 Å². The standard InChI is InChI=1S/C7H8N6O/c1-12-10-6(9-11-12)4-13-5-8-3-2-7(13)14/h2-3,5H,4H2,1H3. The third-order valence-corrected chi connectivity index (χ3v) is 1.65. The molecule has 14 heavy (non-hydrogen) atoms. The summed E-state index contributed by atoms with van der Waals surface area (Å²) < 4.78 is 1.41. The molecule has 0 atom stereocenters. The number of aromatic nitrogens is 6. The largest absolute Gasteiger partial charge is 0.291 e. The zero-order valence-corrected chi connectivity index (χ0v) is 7.53.